The van der Waals surface area contributed by atoms with Gasteiger partial charge in [-0.2, -0.15) is 13.2 Å². The van der Waals surface area contributed by atoms with Crippen LogP contribution < -0.4 is 0 Å². The van der Waals surface area contributed by atoms with E-state index >= 15 is 0 Å². The summed E-state index contributed by atoms with van der Waals surface area (Å²) in [4.78, 5) is 15.7. The van der Waals surface area contributed by atoms with Crippen molar-refractivity contribution in [1.29, 1.82) is 0 Å². The zero-order valence-corrected chi connectivity index (χ0v) is 17.3. The minimum Gasteiger partial charge on any atom is -0.371 e. The van der Waals surface area contributed by atoms with Gasteiger partial charge in [0.05, 0.1) is 5.57 Å². The van der Waals surface area contributed by atoms with Crippen molar-refractivity contribution in [1.82, 2.24) is 9.80 Å². The second kappa shape index (κ2) is 10.3. The molecule has 0 aromatic heterocycles. The lowest BCUT2D eigenvalue weighted by Crippen LogP contribution is -2.30. The van der Waals surface area contributed by atoms with Crippen LogP contribution in [-0.2, 0) is 4.79 Å². The van der Waals surface area contributed by atoms with Crippen molar-refractivity contribution in [2.75, 3.05) is 21.1 Å². The normalized spacial score (nSPS) is 16.9. The molecule has 1 rings (SSSR count). The van der Waals surface area contributed by atoms with E-state index < -0.39 is 11.7 Å². The van der Waals surface area contributed by atoms with Crippen LogP contribution >= 0.6 is 0 Å². The highest BCUT2D eigenvalue weighted by atomic mass is 19.4. The molecule has 0 bridgehead atoms. The minimum absolute atomic E-state index is 0.165. The van der Waals surface area contributed by atoms with Gasteiger partial charge in [-0.3, -0.25) is 4.79 Å². The SMILES string of the molecule is C=C\C(=C/C(=C\CC)C(=C/C(=C)C(F)(F)F)/N(C)C1CCCC1)C(=O)N(C)C. The van der Waals surface area contributed by atoms with Crippen molar-refractivity contribution in [3.63, 3.8) is 0 Å². The zero-order valence-electron chi connectivity index (χ0n) is 17.3. The third-order valence-corrected chi connectivity index (χ3v) is 4.83. The minimum atomic E-state index is -4.51. The number of carbonyl (C=O) groups is 1. The van der Waals surface area contributed by atoms with E-state index in [0.29, 0.717) is 23.3 Å². The van der Waals surface area contributed by atoms with Gasteiger partial charge in [-0.25, -0.2) is 0 Å². The van der Waals surface area contributed by atoms with Crippen LogP contribution in [0, 0.1) is 0 Å². The fraction of sp³-hybridized carbons (Fsp3) is 0.500. The molecule has 0 aromatic rings. The van der Waals surface area contributed by atoms with Gasteiger partial charge < -0.3 is 9.80 Å². The monoisotopic (exact) mass is 396 g/mol. The fourth-order valence-electron chi connectivity index (χ4n) is 3.21. The van der Waals surface area contributed by atoms with E-state index in [4.69, 9.17) is 0 Å². The molecule has 0 unspecified atom stereocenters. The number of halogens is 3. The Bertz CT molecular complexity index is 678. The number of likely N-dealkylation sites (N-methyl/N-ethyl adjacent to an activating group) is 2. The molecule has 1 saturated carbocycles. The number of alkyl halides is 3. The molecule has 3 nitrogen and oxygen atoms in total. The molecule has 156 valence electrons. The van der Waals surface area contributed by atoms with Crippen LogP contribution in [-0.4, -0.2) is 49.1 Å². The summed E-state index contributed by atoms with van der Waals surface area (Å²) in [6.07, 6.45) is 6.03. The average Bonchev–Trinajstić information content (AvgIpc) is 3.15. The van der Waals surface area contributed by atoms with E-state index in [-0.39, 0.29) is 11.9 Å². The Morgan fingerprint density at radius 2 is 1.68 bits per heavy atom. The van der Waals surface area contributed by atoms with E-state index in [9.17, 15) is 18.0 Å². The van der Waals surface area contributed by atoms with Gasteiger partial charge in [0.15, 0.2) is 0 Å². The molecule has 1 aliphatic rings. The second-order valence-corrected chi connectivity index (χ2v) is 7.17. The van der Waals surface area contributed by atoms with Crippen LogP contribution in [0.4, 0.5) is 13.2 Å². The third kappa shape index (κ3) is 6.43. The molecule has 0 spiro atoms. The van der Waals surface area contributed by atoms with Crippen LogP contribution in [0.3, 0.4) is 0 Å². The molecule has 1 amide bonds. The van der Waals surface area contributed by atoms with Crippen molar-refractivity contribution in [3.8, 4) is 0 Å². The Kier molecular flexibility index (Phi) is 8.79. The number of hydrogen-bond donors (Lipinski definition) is 0. The Balaban J connectivity index is 3.50. The lowest BCUT2D eigenvalue weighted by molar-refractivity contribution is -0.124. The molecule has 28 heavy (non-hydrogen) atoms. The Labute approximate surface area is 166 Å². The summed E-state index contributed by atoms with van der Waals surface area (Å²) in [5.74, 6) is -0.255. The summed E-state index contributed by atoms with van der Waals surface area (Å²) in [6.45, 7) is 8.80. The Morgan fingerprint density at radius 1 is 1.11 bits per heavy atom. The quantitative estimate of drug-likeness (QED) is 0.405. The van der Waals surface area contributed by atoms with Crippen molar-refractivity contribution >= 4 is 5.91 Å². The predicted octanol–water partition coefficient (Wildman–Crippen LogP) is 5.40. The maximum atomic E-state index is 13.2. The second-order valence-electron chi connectivity index (χ2n) is 7.17. The summed E-state index contributed by atoms with van der Waals surface area (Å²) >= 11 is 0. The Morgan fingerprint density at radius 3 is 2.11 bits per heavy atom. The first-order valence-corrected chi connectivity index (χ1v) is 9.49. The van der Waals surface area contributed by atoms with Crippen molar-refractivity contribution in [2.24, 2.45) is 0 Å². The van der Waals surface area contributed by atoms with Crippen LogP contribution in [0.15, 0.2) is 59.9 Å². The summed E-state index contributed by atoms with van der Waals surface area (Å²) in [6, 6.07) is 0.165. The number of carbonyl (C=O) groups excluding carboxylic acids is 1. The van der Waals surface area contributed by atoms with E-state index in [1.807, 2.05) is 24.9 Å². The number of hydrogen-bond acceptors (Lipinski definition) is 2. The molecule has 1 aliphatic carbocycles. The third-order valence-electron chi connectivity index (χ3n) is 4.83. The molecule has 1 fully saturated rings. The standard InChI is InChI=1S/C22H31F3N2O/c1-7-11-18(15-17(8-2)21(28)26(4)5)20(14-16(3)22(23,24)25)27(6)19-12-9-10-13-19/h8,11,14-15,19H,2-3,7,9-10,12-13H2,1,4-6H3/b17-15+,18-11+,20-14-. The molecule has 0 N–H and O–H groups in total. The van der Waals surface area contributed by atoms with Crippen LogP contribution in [0.1, 0.15) is 39.0 Å². The molecular weight excluding hydrogens is 365 g/mol. The van der Waals surface area contributed by atoms with Crippen LogP contribution in [0.5, 0.6) is 0 Å². The van der Waals surface area contributed by atoms with Crippen LogP contribution in [0.25, 0.3) is 0 Å². The van der Waals surface area contributed by atoms with Gasteiger partial charge in [-0.15, -0.1) is 0 Å². The topological polar surface area (TPSA) is 23.6 Å². The predicted molar refractivity (Wildman–Crippen MR) is 109 cm³/mol. The highest BCUT2D eigenvalue weighted by Crippen LogP contribution is 2.32. The smallest absolute Gasteiger partial charge is 0.371 e. The van der Waals surface area contributed by atoms with Gasteiger partial charge in [-0.1, -0.05) is 45.1 Å². The van der Waals surface area contributed by atoms with Crippen molar-refractivity contribution in [3.05, 3.63) is 59.9 Å². The van der Waals surface area contributed by atoms with Crippen molar-refractivity contribution < 1.29 is 18.0 Å². The summed E-state index contributed by atoms with van der Waals surface area (Å²) in [7, 11) is 5.05. The first kappa shape index (κ1) is 23.8. The number of allylic oxidation sites excluding steroid dienone is 4. The van der Waals surface area contributed by atoms with E-state index in [2.05, 4.69) is 13.2 Å². The molecule has 6 heteroatoms. The van der Waals surface area contributed by atoms with Crippen LogP contribution in [0.2, 0.25) is 0 Å². The van der Waals surface area contributed by atoms with E-state index in [0.717, 1.165) is 31.8 Å². The van der Waals surface area contributed by atoms with Gasteiger partial charge in [0.2, 0.25) is 0 Å². The number of nitrogens with zero attached hydrogens (tertiary/aromatic N) is 2. The number of rotatable bonds is 8. The maximum Gasteiger partial charge on any atom is 0.415 e. The summed E-state index contributed by atoms with van der Waals surface area (Å²) < 4.78 is 39.6. The lowest BCUT2D eigenvalue weighted by Gasteiger charge is -2.31. The van der Waals surface area contributed by atoms with Crippen molar-refractivity contribution in [2.45, 2.75) is 51.2 Å². The molecular formula is C22H31F3N2O. The van der Waals surface area contributed by atoms with Gasteiger partial charge in [0.1, 0.15) is 0 Å². The zero-order chi connectivity index (χ0) is 21.5. The first-order valence-electron chi connectivity index (χ1n) is 9.49. The highest BCUT2D eigenvalue weighted by Gasteiger charge is 2.32. The summed E-state index contributed by atoms with van der Waals surface area (Å²) in [5, 5.41) is 0. The van der Waals surface area contributed by atoms with E-state index in [1.54, 1.807) is 20.2 Å². The largest absolute Gasteiger partial charge is 0.415 e. The molecule has 0 aliphatic heterocycles. The fourth-order valence-corrected chi connectivity index (χ4v) is 3.21. The summed E-state index contributed by atoms with van der Waals surface area (Å²) in [5.41, 5.74) is 0.393. The van der Waals surface area contributed by atoms with Gasteiger partial charge in [0, 0.05) is 38.5 Å². The van der Waals surface area contributed by atoms with Gasteiger partial charge in [0.25, 0.3) is 5.91 Å². The van der Waals surface area contributed by atoms with Gasteiger partial charge in [-0.05, 0) is 37.0 Å². The number of amides is 1. The maximum absolute atomic E-state index is 13.2. The molecule has 0 atom stereocenters. The average molecular weight is 396 g/mol. The van der Waals surface area contributed by atoms with Gasteiger partial charge >= 0.3 is 6.18 Å². The van der Waals surface area contributed by atoms with E-state index in [1.165, 1.54) is 11.0 Å². The molecule has 0 heterocycles. The highest BCUT2D eigenvalue weighted by molar-refractivity contribution is 5.96. The molecule has 0 saturated heterocycles. The molecule has 0 radical (unpaired) electrons. The lowest BCUT2D eigenvalue weighted by atomic mass is 10.0. The first-order chi connectivity index (χ1) is 13.0. The Hall–Kier alpha value is -2.24. The molecule has 0 aromatic carbocycles.